The van der Waals surface area contributed by atoms with Crippen LogP contribution in [0.3, 0.4) is 0 Å². The van der Waals surface area contributed by atoms with Gasteiger partial charge in [-0.25, -0.2) is 9.97 Å². The molecule has 1 aromatic heterocycles. The van der Waals surface area contributed by atoms with Crippen LogP contribution >= 0.6 is 11.6 Å². The van der Waals surface area contributed by atoms with Crippen LogP contribution in [0.5, 0.6) is 0 Å². The highest BCUT2D eigenvalue weighted by molar-refractivity contribution is 6.30. The molecule has 6 heteroatoms. The van der Waals surface area contributed by atoms with Crippen LogP contribution in [0.25, 0.3) is 0 Å². The predicted molar refractivity (Wildman–Crippen MR) is 114 cm³/mol. The number of anilines is 2. The normalized spacial score (nSPS) is 10.7. The largest absolute Gasteiger partial charge is 0.368 e. The number of hydrogen-bond donors (Lipinski definition) is 2. The van der Waals surface area contributed by atoms with Gasteiger partial charge in [0.2, 0.25) is 0 Å². The van der Waals surface area contributed by atoms with Crippen molar-refractivity contribution in [3.05, 3.63) is 82.8 Å². The van der Waals surface area contributed by atoms with E-state index < -0.39 is 0 Å². The van der Waals surface area contributed by atoms with E-state index >= 15 is 0 Å². The lowest BCUT2D eigenvalue weighted by molar-refractivity contribution is 0.102. The second-order valence-corrected chi connectivity index (χ2v) is 7.23. The van der Waals surface area contributed by atoms with E-state index in [2.05, 4.69) is 34.4 Å². The van der Waals surface area contributed by atoms with Crippen LogP contribution in [-0.2, 0) is 6.42 Å². The number of carbonyl (C=O) groups is 1. The van der Waals surface area contributed by atoms with Crippen molar-refractivity contribution in [3.8, 4) is 0 Å². The predicted octanol–water partition coefficient (Wildman–Crippen LogP) is 5.16. The number of carbonyl (C=O) groups excluding carboxylic acids is 1. The molecule has 0 aliphatic heterocycles. The summed E-state index contributed by atoms with van der Waals surface area (Å²) in [6.45, 7) is 4.88. The molecule has 0 radical (unpaired) electrons. The second-order valence-electron chi connectivity index (χ2n) is 6.79. The van der Waals surface area contributed by atoms with Crippen LogP contribution in [0.2, 0.25) is 5.02 Å². The minimum absolute atomic E-state index is 0.272. The first kappa shape index (κ1) is 19.8. The second kappa shape index (κ2) is 9.33. The molecule has 144 valence electrons. The van der Waals surface area contributed by atoms with Crippen molar-refractivity contribution >= 4 is 29.0 Å². The summed E-state index contributed by atoms with van der Waals surface area (Å²) in [4.78, 5) is 21.0. The van der Waals surface area contributed by atoms with Gasteiger partial charge >= 0.3 is 0 Å². The standard InChI is InChI=1S/C22H23ClN4O/c1-15(2)18-8-3-4-9-19(18)27-22(28)20-13-26-21(14-25-20)24-11-10-16-6-5-7-17(23)12-16/h3-9,12-15H,10-11H2,1-2H3,(H,24,26)(H,27,28). The number of hydrogen-bond acceptors (Lipinski definition) is 4. The Bertz CT molecular complexity index is 941. The highest BCUT2D eigenvalue weighted by atomic mass is 35.5. The van der Waals surface area contributed by atoms with E-state index in [9.17, 15) is 4.79 Å². The van der Waals surface area contributed by atoms with Gasteiger partial charge in [-0.05, 0) is 41.7 Å². The molecule has 0 saturated carbocycles. The van der Waals surface area contributed by atoms with Gasteiger partial charge in [0.15, 0.2) is 0 Å². The maximum absolute atomic E-state index is 12.5. The smallest absolute Gasteiger partial charge is 0.275 e. The van der Waals surface area contributed by atoms with E-state index in [-0.39, 0.29) is 11.6 Å². The maximum atomic E-state index is 12.5. The van der Waals surface area contributed by atoms with E-state index in [0.29, 0.717) is 18.3 Å². The van der Waals surface area contributed by atoms with E-state index in [1.807, 2.05) is 48.5 Å². The van der Waals surface area contributed by atoms with Crippen LogP contribution in [-0.4, -0.2) is 22.4 Å². The van der Waals surface area contributed by atoms with Gasteiger partial charge in [-0.3, -0.25) is 4.79 Å². The zero-order valence-electron chi connectivity index (χ0n) is 15.9. The molecular formula is C22H23ClN4O. The number of rotatable bonds is 7. The van der Waals surface area contributed by atoms with Crippen LogP contribution in [0.15, 0.2) is 60.9 Å². The molecule has 0 spiro atoms. The first-order chi connectivity index (χ1) is 13.5. The summed E-state index contributed by atoms with van der Waals surface area (Å²) in [6.07, 6.45) is 3.87. The molecule has 3 aromatic rings. The number of aromatic nitrogens is 2. The lowest BCUT2D eigenvalue weighted by Crippen LogP contribution is -2.16. The summed E-state index contributed by atoms with van der Waals surface area (Å²) >= 11 is 5.99. The Morgan fingerprint density at radius 3 is 2.61 bits per heavy atom. The van der Waals surface area contributed by atoms with Crippen molar-refractivity contribution in [2.75, 3.05) is 17.2 Å². The molecule has 5 nitrogen and oxygen atoms in total. The molecule has 1 heterocycles. The van der Waals surface area contributed by atoms with Crippen molar-refractivity contribution in [2.24, 2.45) is 0 Å². The SMILES string of the molecule is CC(C)c1ccccc1NC(=O)c1cnc(NCCc2cccc(Cl)c2)cn1. The third kappa shape index (κ3) is 5.30. The molecule has 0 fully saturated rings. The summed E-state index contributed by atoms with van der Waals surface area (Å²) in [7, 11) is 0. The van der Waals surface area contributed by atoms with Crippen LogP contribution in [0.1, 0.15) is 41.4 Å². The molecule has 0 aliphatic rings. The lowest BCUT2D eigenvalue weighted by atomic mass is 10.0. The van der Waals surface area contributed by atoms with Crippen LogP contribution in [0, 0.1) is 0 Å². The topological polar surface area (TPSA) is 66.9 Å². The molecule has 3 rings (SSSR count). The zero-order chi connectivity index (χ0) is 19.9. The van der Waals surface area contributed by atoms with Gasteiger partial charge in [-0.15, -0.1) is 0 Å². The number of nitrogens with one attached hydrogen (secondary N) is 2. The van der Waals surface area contributed by atoms with E-state index in [0.717, 1.165) is 28.3 Å². The van der Waals surface area contributed by atoms with Crippen molar-refractivity contribution in [1.29, 1.82) is 0 Å². The fraction of sp³-hybridized carbons (Fsp3) is 0.227. The molecule has 0 aliphatic carbocycles. The minimum Gasteiger partial charge on any atom is -0.368 e. The highest BCUT2D eigenvalue weighted by Crippen LogP contribution is 2.24. The van der Waals surface area contributed by atoms with Crippen molar-refractivity contribution in [3.63, 3.8) is 0 Å². The van der Waals surface area contributed by atoms with Crippen molar-refractivity contribution in [1.82, 2.24) is 9.97 Å². The monoisotopic (exact) mass is 394 g/mol. The van der Waals surface area contributed by atoms with Gasteiger partial charge in [-0.1, -0.05) is 55.8 Å². The Balaban J connectivity index is 1.57. The Kier molecular flexibility index (Phi) is 6.61. The summed E-state index contributed by atoms with van der Waals surface area (Å²) in [5.74, 6) is 0.667. The van der Waals surface area contributed by atoms with E-state index in [1.165, 1.54) is 6.20 Å². The van der Waals surface area contributed by atoms with E-state index in [4.69, 9.17) is 11.6 Å². The lowest BCUT2D eigenvalue weighted by Gasteiger charge is -2.13. The highest BCUT2D eigenvalue weighted by Gasteiger charge is 2.12. The number of amides is 1. The maximum Gasteiger partial charge on any atom is 0.275 e. The summed E-state index contributed by atoms with van der Waals surface area (Å²) in [5.41, 5.74) is 3.31. The number of halogens is 1. The van der Waals surface area contributed by atoms with Gasteiger partial charge in [0.1, 0.15) is 11.5 Å². The quantitative estimate of drug-likeness (QED) is 0.580. The number of benzene rings is 2. The number of para-hydroxylation sites is 1. The van der Waals surface area contributed by atoms with Crippen molar-refractivity contribution < 1.29 is 4.79 Å². The van der Waals surface area contributed by atoms with Crippen LogP contribution < -0.4 is 10.6 Å². The Morgan fingerprint density at radius 2 is 1.89 bits per heavy atom. The molecule has 2 aromatic carbocycles. The molecule has 0 saturated heterocycles. The van der Waals surface area contributed by atoms with Gasteiger partial charge in [0.05, 0.1) is 12.4 Å². The van der Waals surface area contributed by atoms with Gasteiger partial charge in [-0.2, -0.15) is 0 Å². The molecule has 0 bridgehead atoms. The average Bonchev–Trinajstić information content (AvgIpc) is 2.69. The summed E-state index contributed by atoms with van der Waals surface area (Å²) < 4.78 is 0. The summed E-state index contributed by atoms with van der Waals surface area (Å²) in [5, 5.41) is 6.86. The fourth-order valence-electron chi connectivity index (χ4n) is 2.86. The minimum atomic E-state index is -0.272. The third-order valence-corrected chi connectivity index (χ3v) is 4.56. The van der Waals surface area contributed by atoms with Crippen molar-refractivity contribution in [2.45, 2.75) is 26.2 Å². The average molecular weight is 395 g/mol. The molecule has 28 heavy (non-hydrogen) atoms. The molecule has 1 amide bonds. The Morgan fingerprint density at radius 1 is 1.07 bits per heavy atom. The van der Waals surface area contributed by atoms with Gasteiger partial charge in [0.25, 0.3) is 5.91 Å². The van der Waals surface area contributed by atoms with Crippen LogP contribution in [0.4, 0.5) is 11.5 Å². The first-order valence-electron chi connectivity index (χ1n) is 9.23. The molecule has 0 unspecified atom stereocenters. The summed E-state index contributed by atoms with van der Waals surface area (Å²) in [6, 6.07) is 15.5. The Hall–Kier alpha value is -2.92. The van der Waals surface area contributed by atoms with Gasteiger partial charge in [0, 0.05) is 17.3 Å². The molecular weight excluding hydrogens is 372 g/mol. The molecule has 0 atom stereocenters. The third-order valence-electron chi connectivity index (χ3n) is 4.32. The van der Waals surface area contributed by atoms with Gasteiger partial charge < -0.3 is 10.6 Å². The fourth-order valence-corrected chi connectivity index (χ4v) is 3.08. The Labute approximate surface area is 170 Å². The first-order valence-corrected chi connectivity index (χ1v) is 9.61. The van der Waals surface area contributed by atoms with E-state index in [1.54, 1.807) is 6.20 Å². The molecule has 2 N–H and O–H groups in total. The zero-order valence-corrected chi connectivity index (χ0v) is 16.7. The number of nitrogens with zero attached hydrogens (tertiary/aromatic N) is 2.